The van der Waals surface area contributed by atoms with E-state index in [1.165, 1.54) is 0 Å². The first-order chi connectivity index (χ1) is 10.6. The molecular weight excluding hydrogens is 382 g/mol. The Bertz CT molecular complexity index is 772. The molecule has 0 bridgehead atoms. The average Bonchev–Trinajstić information content (AvgIpc) is 2.77. The van der Waals surface area contributed by atoms with Crippen LogP contribution in [-0.4, -0.2) is 26.0 Å². The van der Waals surface area contributed by atoms with E-state index >= 15 is 0 Å². The SMILES string of the molecule is Nc1cc(C=O)nn1S(=O)c1c(Cl)cc(OC(F)(F)F)cc1Cl. The molecule has 2 aromatic rings. The lowest BCUT2D eigenvalue weighted by Crippen LogP contribution is -2.17. The monoisotopic (exact) mass is 387 g/mol. The number of alkyl halides is 3. The number of aromatic nitrogens is 2. The van der Waals surface area contributed by atoms with E-state index in [0.29, 0.717) is 6.29 Å². The van der Waals surface area contributed by atoms with E-state index < -0.39 is 23.1 Å². The molecule has 0 saturated carbocycles. The maximum atomic E-state index is 12.4. The first-order valence-corrected chi connectivity index (χ1v) is 7.46. The topological polar surface area (TPSA) is 87.2 Å². The fourth-order valence-electron chi connectivity index (χ4n) is 1.57. The second-order valence-electron chi connectivity index (χ2n) is 4.00. The molecule has 0 radical (unpaired) electrons. The first kappa shape index (κ1) is 17.6. The van der Waals surface area contributed by atoms with Crippen LogP contribution in [0.5, 0.6) is 5.75 Å². The van der Waals surface area contributed by atoms with Gasteiger partial charge in [0.15, 0.2) is 17.3 Å². The van der Waals surface area contributed by atoms with Crippen molar-refractivity contribution in [2.45, 2.75) is 11.3 Å². The minimum atomic E-state index is -4.93. The molecule has 12 heteroatoms. The zero-order valence-corrected chi connectivity index (χ0v) is 13.1. The molecule has 1 heterocycles. The van der Waals surface area contributed by atoms with Crippen molar-refractivity contribution in [3.8, 4) is 5.75 Å². The molecule has 1 aromatic heterocycles. The maximum absolute atomic E-state index is 12.4. The highest BCUT2D eigenvalue weighted by molar-refractivity contribution is 7.83. The number of ether oxygens (including phenoxy) is 1. The Morgan fingerprint density at radius 3 is 2.26 bits per heavy atom. The number of carbonyl (C=O) groups excluding carboxylic acids is 1. The number of halogens is 5. The summed E-state index contributed by atoms with van der Waals surface area (Å²) < 4.78 is 53.4. The lowest BCUT2D eigenvalue weighted by Gasteiger charge is -2.12. The Labute approximate surface area is 139 Å². The Balaban J connectivity index is 2.45. The summed E-state index contributed by atoms with van der Waals surface area (Å²) in [5.74, 6) is -0.788. The van der Waals surface area contributed by atoms with Gasteiger partial charge in [0.25, 0.3) is 0 Å². The minimum absolute atomic E-state index is 0.0832. The second-order valence-corrected chi connectivity index (χ2v) is 6.06. The largest absolute Gasteiger partial charge is 0.573 e. The molecular formula is C11H6Cl2F3N3O3S. The minimum Gasteiger partial charge on any atom is -0.406 e. The molecule has 0 amide bonds. The number of benzene rings is 1. The van der Waals surface area contributed by atoms with Crippen LogP contribution in [0, 0.1) is 0 Å². The number of nitrogens with zero attached hydrogens (tertiary/aromatic N) is 2. The summed E-state index contributed by atoms with van der Waals surface area (Å²) >= 11 is 11.6. The van der Waals surface area contributed by atoms with Gasteiger partial charge in [-0.1, -0.05) is 23.2 Å². The van der Waals surface area contributed by atoms with Gasteiger partial charge in [-0.05, 0) is 0 Å². The molecule has 6 nitrogen and oxygen atoms in total. The maximum Gasteiger partial charge on any atom is 0.573 e. The van der Waals surface area contributed by atoms with E-state index in [1.54, 1.807) is 0 Å². The molecule has 0 spiro atoms. The van der Waals surface area contributed by atoms with Crippen LogP contribution in [0.25, 0.3) is 0 Å². The number of anilines is 1. The summed E-state index contributed by atoms with van der Waals surface area (Å²) in [5.41, 5.74) is 5.47. The summed E-state index contributed by atoms with van der Waals surface area (Å²) in [6.45, 7) is 0. The van der Waals surface area contributed by atoms with Crippen molar-refractivity contribution in [2.24, 2.45) is 0 Å². The number of nitrogens with two attached hydrogens (primary N) is 1. The first-order valence-electron chi connectivity index (χ1n) is 5.60. The molecule has 0 aliphatic carbocycles. The van der Waals surface area contributed by atoms with Gasteiger partial charge in [-0.2, -0.15) is 9.19 Å². The fraction of sp³-hybridized carbons (Fsp3) is 0.0909. The van der Waals surface area contributed by atoms with Gasteiger partial charge in [0.05, 0.1) is 14.9 Å². The number of aldehydes is 1. The molecule has 0 fully saturated rings. The van der Waals surface area contributed by atoms with Crippen molar-refractivity contribution in [1.82, 2.24) is 9.19 Å². The Morgan fingerprint density at radius 2 is 1.83 bits per heavy atom. The summed E-state index contributed by atoms with van der Waals surface area (Å²) in [6.07, 6.45) is -4.55. The van der Waals surface area contributed by atoms with Crippen LogP contribution in [0.1, 0.15) is 10.5 Å². The quantitative estimate of drug-likeness (QED) is 0.814. The zero-order chi connectivity index (χ0) is 17.4. The van der Waals surface area contributed by atoms with Crippen LogP contribution in [0.2, 0.25) is 10.0 Å². The van der Waals surface area contributed by atoms with Gasteiger partial charge in [-0.15, -0.1) is 13.2 Å². The lowest BCUT2D eigenvalue weighted by atomic mass is 10.3. The van der Waals surface area contributed by atoms with E-state index in [9.17, 15) is 22.2 Å². The van der Waals surface area contributed by atoms with Crippen molar-refractivity contribution < 1.29 is 26.9 Å². The highest BCUT2D eigenvalue weighted by Gasteiger charge is 2.32. The van der Waals surface area contributed by atoms with Crippen molar-refractivity contribution in [1.29, 1.82) is 0 Å². The van der Waals surface area contributed by atoms with Gasteiger partial charge in [-0.25, -0.2) is 4.21 Å². The van der Waals surface area contributed by atoms with Gasteiger partial charge in [-0.3, -0.25) is 4.79 Å². The number of carbonyl (C=O) groups is 1. The molecule has 23 heavy (non-hydrogen) atoms. The predicted molar refractivity (Wildman–Crippen MR) is 77.0 cm³/mol. The molecule has 2 rings (SSSR count). The predicted octanol–water partition coefficient (Wildman–Crippen LogP) is 3.05. The standard InChI is InChI=1S/C11H6Cl2F3N3O3S/c12-7-2-6(22-11(14,15)16)3-8(13)10(7)23(21)19-9(17)1-5(4-20)18-19/h1-4H,17H2. The van der Waals surface area contributed by atoms with Crippen LogP contribution in [-0.2, 0) is 11.0 Å². The van der Waals surface area contributed by atoms with Crippen molar-refractivity contribution in [3.63, 3.8) is 0 Å². The molecule has 0 aliphatic heterocycles. The third-order valence-electron chi connectivity index (χ3n) is 2.38. The van der Waals surface area contributed by atoms with Gasteiger partial charge in [0.2, 0.25) is 0 Å². The summed E-state index contributed by atoms with van der Waals surface area (Å²) in [7, 11) is -2.17. The highest BCUT2D eigenvalue weighted by atomic mass is 35.5. The molecule has 124 valence electrons. The third-order valence-corrected chi connectivity index (χ3v) is 4.60. The summed E-state index contributed by atoms with van der Waals surface area (Å²) in [5, 5.41) is 2.96. The average molecular weight is 388 g/mol. The van der Waals surface area contributed by atoms with Crippen LogP contribution in [0.15, 0.2) is 23.1 Å². The van der Waals surface area contributed by atoms with E-state index in [2.05, 4.69) is 9.84 Å². The number of hydrogen-bond acceptors (Lipinski definition) is 5. The Hall–Kier alpha value is -1.78. The van der Waals surface area contributed by atoms with Crippen LogP contribution in [0.3, 0.4) is 0 Å². The van der Waals surface area contributed by atoms with E-state index in [1.807, 2.05) is 0 Å². The van der Waals surface area contributed by atoms with Crippen LogP contribution < -0.4 is 10.5 Å². The Kier molecular flexibility index (Phi) is 4.87. The van der Waals surface area contributed by atoms with Gasteiger partial charge in [0.1, 0.15) is 17.3 Å². The second kappa shape index (κ2) is 6.38. The summed E-state index contributed by atoms with van der Waals surface area (Å²) in [4.78, 5) is 10.4. The fourth-order valence-corrected chi connectivity index (χ4v) is 3.47. The molecule has 0 aliphatic rings. The smallest absolute Gasteiger partial charge is 0.406 e. The highest BCUT2D eigenvalue weighted by Crippen LogP contribution is 2.35. The normalized spacial score (nSPS) is 12.9. The molecule has 1 atom stereocenters. The number of hydrogen-bond donors (Lipinski definition) is 1. The third kappa shape index (κ3) is 3.95. The Morgan fingerprint density at radius 1 is 1.26 bits per heavy atom. The van der Waals surface area contributed by atoms with Gasteiger partial charge >= 0.3 is 6.36 Å². The molecule has 1 unspecified atom stereocenters. The lowest BCUT2D eigenvalue weighted by molar-refractivity contribution is -0.274. The summed E-state index contributed by atoms with van der Waals surface area (Å²) in [6, 6.07) is 2.76. The number of nitrogen functional groups attached to an aromatic ring is 1. The van der Waals surface area contributed by atoms with Gasteiger partial charge < -0.3 is 10.5 Å². The van der Waals surface area contributed by atoms with E-state index in [-0.39, 0.29) is 26.5 Å². The van der Waals surface area contributed by atoms with Crippen molar-refractivity contribution >= 4 is 46.3 Å². The van der Waals surface area contributed by atoms with Crippen LogP contribution in [0.4, 0.5) is 19.0 Å². The van der Waals surface area contributed by atoms with E-state index in [4.69, 9.17) is 28.9 Å². The van der Waals surface area contributed by atoms with Gasteiger partial charge in [0, 0.05) is 18.2 Å². The van der Waals surface area contributed by atoms with Crippen LogP contribution >= 0.6 is 23.2 Å². The van der Waals surface area contributed by atoms with Crippen molar-refractivity contribution in [2.75, 3.05) is 5.73 Å². The van der Waals surface area contributed by atoms with E-state index in [0.717, 1.165) is 22.3 Å². The zero-order valence-electron chi connectivity index (χ0n) is 10.8. The number of rotatable bonds is 4. The van der Waals surface area contributed by atoms with Crippen molar-refractivity contribution in [3.05, 3.63) is 33.9 Å². The molecule has 1 aromatic carbocycles. The molecule has 2 N–H and O–H groups in total. The molecule has 0 saturated heterocycles.